The maximum Gasteiger partial charge on any atom is 0.135 e. The van der Waals surface area contributed by atoms with Crippen LogP contribution in [0.3, 0.4) is 0 Å². The summed E-state index contributed by atoms with van der Waals surface area (Å²) in [4.78, 5) is 9.97. The molecule has 0 amide bonds. The standard InChI is InChI=1S/C95H75N4OS.Pt/c1-60(2)77-36-25-37-78(61(3)4)91(77)73-53-74(55-76(54-73)100-75-43-44-83-88(56-75)99(90-57-84(95(6,7)8)62(5)58-96-90)87-46-45-82-81-35-21-24-42-89(81)101-94(82)92(83)87)97-59-98(86-41-23-22-40-85(86)97)93-79(71-49-67(63-27-13-9-14-28-63)47-68(50-71)64-29-15-10-16-30-64)38-26-39-80(93)72-51-69(65-31-17-11-18-32-65)48-70(52-72)66-33-19-12-20-34-66;/h9-54,57-61H,1-8H3;/q-3;. The molecule has 0 atom stereocenters. The van der Waals surface area contributed by atoms with Crippen molar-refractivity contribution < 1.29 is 25.8 Å². The van der Waals surface area contributed by atoms with Gasteiger partial charge in [-0.3, -0.25) is 0 Å². The molecule has 0 N–H and O–H groups in total. The molecule has 17 rings (SSSR count). The SMILES string of the molecule is Cc1cnc(-n2c3[c-]c(Oc4[c-]c(N5[CH-]N(c6c(-c7cc(-c8ccccc8)cc(-c8ccccc8)c7)cccc6-c6cc(-c7ccccc7)cc(-c7ccccc7)c6)c6ccccc65)cc(-c5c(C(C)C)cccc5C(C)C)c4)ccc3c3c4sc5ccccc5c4ccc32)cc1C(C)(C)C.[Pt]. The first kappa shape index (κ1) is 65.7. The van der Waals surface area contributed by atoms with Crippen LogP contribution in [0.25, 0.3) is 126 Å². The van der Waals surface area contributed by atoms with Crippen LogP contribution in [0.5, 0.6) is 11.5 Å². The summed E-state index contributed by atoms with van der Waals surface area (Å²) in [5.74, 6) is 2.45. The van der Waals surface area contributed by atoms with Gasteiger partial charge in [-0.25, -0.2) is 4.98 Å². The number of ether oxygens (including phenoxy) is 1. The van der Waals surface area contributed by atoms with E-state index in [0.717, 1.165) is 123 Å². The number of fused-ring (bicyclic) bond motifs is 8. The van der Waals surface area contributed by atoms with Crippen molar-refractivity contribution in [2.75, 3.05) is 9.80 Å². The van der Waals surface area contributed by atoms with Gasteiger partial charge < -0.3 is 19.1 Å². The zero-order valence-electron chi connectivity index (χ0n) is 58.4. The minimum atomic E-state index is -0.113. The molecular weight excluding hydrogens is 1440 g/mol. The van der Waals surface area contributed by atoms with Crippen molar-refractivity contribution in [3.63, 3.8) is 0 Å². The van der Waals surface area contributed by atoms with Crippen LogP contribution in [-0.4, -0.2) is 9.55 Å². The topological polar surface area (TPSA) is 33.5 Å². The molecule has 1 aliphatic rings. The first-order chi connectivity index (χ1) is 49.3. The van der Waals surface area contributed by atoms with Gasteiger partial charge in [-0.05, 0) is 180 Å². The molecule has 0 aliphatic carbocycles. The number of anilines is 4. The molecule has 500 valence electrons. The Hall–Kier alpha value is -10.9. The van der Waals surface area contributed by atoms with Crippen molar-refractivity contribution >= 4 is 76.1 Å². The van der Waals surface area contributed by atoms with Gasteiger partial charge in [0.05, 0.1) is 0 Å². The molecule has 0 radical (unpaired) electrons. The second-order valence-electron chi connectivity index (χ2n) is 28.4. The number of para-hydroxylation sites is 3. The molecule has 0 spiro atoms. The maximum absolute atomic E-state index is 7.42. The van der Waals surface area contributed by atoms with Gasteiger partial charge in [0.1, 0.15) is 5.82 Å². The van der Waals surface area contributed by atoms with E-state index in [9.17, 15) is 0 Å². The molecule has 0 saturated heterocycles. The number of pyridine rings is 1. The van der Waals surface area contributed by atoms with E-state index in [1.54, 1.807) is 0 Å². The normalized spacial score (nSPS) is 12.3. The van der Waals surface area contributed by atoms with E-state index in [-0.39, 0.29) is 38.3 Å². The quantitative estimate of drug-likeness (QED) is 0.102. The number of nitrogens with zero attached hydrogens (tertiary/aromatic N) is 4. The van der Waals surface area contributed by atoms with E-state index in [2.05, 4.69) is 374 Å². The first-order valence-electron chi connectivity index (χ1n) is 35.1. The maximum atomic E-state index is 7.42. The Bertz CT molecular complexity index is 5560. The van der Waals surface area contributed by atoms with Crippen molar-refractivity contribution in [1.29, 1.82) is 0 Å². The summed E-state index contributed by atoms with van der Waals surface area (Å²) in [6.07, 6.45) is 2.03. The average molecular weight is 1520 g/mol. The third kappa shape index (κ3) is 12.0. The zero-order chi connectivity index (χ0) is 68.6. The van der Waals surface area contributed by atoms with Gasteiger partial charge in [0.15, 0.2) is 0 Å². The summed E-state index contributed by atoms with van der Waals surface area (Å²) in [5, 5.41) is 4.77. The first-order valence-corrected chi connectivity index (χ1v) is 35.9. The number of hydrogen-bond acceptors (Lipinski definition) is 5. The predicted molar refractivity (Wildman–Crippen MR) is 427 cm³/mol. The van der Waals surface area contributed by atoms with Gasteiger partial charge >= 0.3 is 0 Å². The predicted octanol–water partition coefficient (Wildman–Crippen LogP) is 26.9. The van der Waals surface area contributed by atoms with Crippen LogP contribution in [0.4, 0.5) is 22.7 Å². The molecule has 16 aromatic rings. The van der Waals surface area contributed by atoms with E-state index in [1.807, 2.05) is 17.5 Å². The number of benzene rings is 13. The van der Waals surface area contributed by atoms with Gasteiger partial charge in [0.2, 0.25) is 0 Å². The Morgan fingerprint density at radius 3 is 1.49 bits per heavy atom. The molecule has 0 unspecified atom stereocenters. The van der Waals surface area contributed by atoms with Gasteiger partial charge in [-0.1, -0.05) is 248 Å². The summed E-state index contributed by atoms with van der Waals surface area (Å²) in [7, 11) is 0. The van der Waals surface area contributed by atoms with E-state index in [4.69, 9.17) is 9.72 Å². The van der Waals surface area contributed by atoms with Crippen molar-refractivity contribution in [3.8, 4) is 95.2 Å². The Labute approximate surface area is 616 Å². The van der Waals surface area contributed by atoms with Crippen LogP contribution in [0.2, 0.25) is 0 Å². The fourth-order valence-electron chi connectivity index (χ4n) is 15.3. The number of thiophene rings is 1. The van der Waals surface area contributed by atoms with E-state index < -0.39 is 0 Å². The Morgan fingerprint density at radius 2 is 0.941 bits per heavy atom. The third-order valence-electron chi connectivity index (χ3n) is 20.1. The van der Waals surface area contributed by atoms with E-state index in [1.165, 1.54) is 47.8 Å². The number of hydrogen-bond donors (Lipinski definition) is 0. The van der Waals surface area contributed by atoms with Crippen molar-refractivity contribution in [1.82, 2.24) is 9.55 Å². The van der Waals surface area contributed by atoms with E-state index in [0.29, 0.717) is 11.5 Å². The summed E-state index contributed by atoms with van der Waals surface area (Å²) < 4.78 is 12.2. The smallest absolute Gasteiger partial charge is 0.135 e. The Balaban J connectivity index is 0.00000805. The molecule has 4 heterocycles. The monoisotopic (exact) mass is 1510 g/mol. The molecule has 0 bridgehead atoms. The summed E-state index contributed by atoms with van der Waals surface area (Å²) in [6.45, 7) is 20.5. The summed E-state index contributed by atoms with van der Waals surface area (Å²) in [5.41, 5.74) is 26.5. The second kappa shape index (κ2) is 26.9. The Morgan fingerprint density at radius 1 is 0.441 bits per heavy atom. The summed E-state index contributed by atoms with van der Waals surface area (Å²) >= 11 is 1.85. The summed E-state index contributed by atoms with van der Waals surface area (Å²) in [6, 6.07) is 112. The van der Waals surface area contributed by atoms with Gasteiger partial charge in [0, 0.05) is 92.6 Å². The number of aryl methyl sites for hydroxylation is 1. The minimum Gasteiger partial charge on any atom is -0.509 e. The van der Waals surface area contributed by atoms with E-state index >= 15 is 0 Å². The molecule has 102 heavy (non-hydrogen) atoms. The number of rotatable bonds is 14. The van der Waals surface area contributed by atoms with Gasteiger partial charge in [-0.15, -0.1) is 65.0 Å². The van der Waals surface area contributed by atoms with Gasteiger partial charge in [-0.2, -0.15) is 6.07 Å². The minimum absolute atomic E-state index is 0. The number of aromatic nitrogens is 2. The van der Waals surface area contributed by atoms with Crippen molar-refractivity contribution in [2.45, 2.75) is 72.6 Å². The van der Waals surface area contributed by atoms with Crippen LogP contribution in [0, 0.1) is 25.7 Å². The fourth-order valence-corrected chi connectivity index (χ4v) is 16.6. The average Bonchev–Trinajstić information content (AvgIpc) is 1.55. The fraction of sp³-hybridized carbons (Fsp3) is 0.116. The third-order valence-corrected chi connectivity index (χ3v) is 21.3. The molecule has 13 aromatic carbocycles. The zero-order valence-corrected chi connectivity index (χ0v) is 61.5. The molecule has 1 aliphatic heterocycles. The van der Waals surface area contributed by atoms with Crippen LogP contribution >= 0.6 is 11.3 Å². The Kier molecular flexibility index (Phi) is 17.3. The second-order valence-corrected chi connectivity index (χ2v) is 29.5. The largest absolute Gasteiger partial charge is 0.509 e. The molecule has 0 fully saturated rings. The van der Waals surface area contributed by atoms with Crippen LogP contribution in [-0.2, 0) is 26.5 Å². The van der Waals surface area contributed by atoms with Crippen LogP contribution in [0.15, 0.2) is 291 Å². The van der Waals surface area contributed by atoms with Crippen LogP contribution in [0.1, 0.15) is 82.6 Å². The molecule has 7 heteroatoms. The molecule has 3 aromatic heterocycles. The molecular formula is C95H75N4OPtS-3. The van der Waals surface area contributed by atoms with Crippen molar-refractivity contribution in [2.24, 2.45) is 0 Å². The van der Waals surface area contributed by atoms with Crippen molar-refractivity contribution in [3.05, 3.63) is 332 Å². The molecule has 5 nitrogen and oxygen atoms in total. The van der Waals surface area contributed by atoms with Gasteiger partial charge in [0.25, 0.3) is 0 Å². The van der Waals surface area contributed by atoms with Crippen LogP contribution < -0.4 is 14.5 Å². The molecule has 0 saturated carbocycles.